The zero-order valence-corrected chi connectivity index (χ0v) is 12.2. The largest absolute Gasteiger partial charge is 0.464 e. The van der Waals surface area contributed by atoms with E-state index in [1.807, 2.05) is 18.4 Å². The second-order valence-corrected chi connectivity index (χ2v) is 5.61. The lowest BCUT2D eigenvalue weighted by atomic mass is 10.0. The molecule has 0 spiro atoms. The molecule has 0 bridgehead atoms. The molecule has 1 aliphatic rings. The van der Waals surface area contributed by atoms with Crippen LogP contribution in [0, 0.1) is 6.92 Å². The second kappa shape index (κ2) is 6.19. The van der Waals surface area contributed by atoms with Crippen LogP contribution in [-0.2, 0) is 9.53 Å². The fourth-order valence-electron chi connectivity index (χ4n) is 2.38. The molecule has 0 aliphatic carbocycles. The molecule has 0 aromatic carbocycles. The van der Waals surface area contributed by atoms with Crippen LogP contribution in [0.25, 0.3) is 0 Å². The van der Waals surface area contributed by atoms with Crippen molar-refractivity contribution in [1.82, 2.24) is 4.90 Å². The number of thiophene rings is 1. The second-order valence-electron chi connectivity index (χ2n) is 4.69. The average Bonchev–Trinajstić information content (AvgIpc) is 2.84. The minimum Gasteiger partial charge on any atom is -0.464 e. The van der Waals surface area contributed by atoms with Gasteiger partial charge in [0.1, 0.15) is 6.04 Å². The summed E-state index contributed by atoms with van der Waals surface area (Å²) in [6.45, 7) is 4.71. The van der Waals surface area contributed by atoms with E-state index in [0.717, 1.165) is 23.3 Å². The van der Waals surface area contributed by atoms with Gasteiger partial charge in [-0.1, -0.05) is 0 Å². The lowest BCUT2D eigenvalue weighted by molar-refractivity contribution is -0.149. The summed E-state index contributed by atoms with van der Waals surface area (Å²) in [7, 11) is 0. The summed E-state index contributed by atoms with van der Waals surface area (Å²) in [5.74, 6) is -0.310. The number of amides is 1. The van der Waals surface area contributed by atoms with E-state index < -0.39 is 6.04 Å². The first-order valence-corrected chi connectivity index (χ1v) is 7.54. The van der Waals surface area contributed by atoms with Gasteiger partial charge in [-0.25, -0.2) is 4.79 Å². The molecule has 2 heterocycles. The van der Waals surface area contributed by atoms with Crippen molar-refractivity contribution in [3.05, 3.63) is 21.9 Å². The zero-order valence-electron chi connectivity index (χ0n) is 11.3. The highest BCUT2D eigenvalue weighted by atomic mass is 32.1. The highest BCUT2D eigenvalue weighted by molar-refractivity contribution is 7.12. The van der Waals surface area contributed by atoms with Crippen LogP contribution in [0.15, 0.2) is 11.4 Å². The molecule has 1 aromatic heterocycles. The maximum absolute atomic E-state index is 12.5. The summed E-state index contributed by atoms with van der Waals surface area (Å²) < 4.78 is 5.08. The van der Waals surface area contributed by atoms with Crippen molar-refractivity contribution in [1.29, 1.82) is 0 Å². The van der Waals surface area contributed by atoms with E-state index in [0.29, 0.717) is 19.6 Å². The van der Waals surface area contributed by atoms with Crippen molar-refractivity contribution in [3.8, 4) is 0 Å². The van der Waals surface area contributed by atoms with Crippen molar-refractivity contribution in [2.24, 2.45) is 0 Å². The van der Waals surface area contributed by atoms with Crippen LogP contribution in [0.2, 0.25) is 0 Å². The lowest BCUT2D eigenvalue weighted by Crippen LogP contribution is -2.48. The summed E-state index contributed by atoms with van der Waals surface area (Å²) >= 11 is 1.44. The molecule has 2 rings (SSSR count). The fourth-order valence-corrected chi connectivity index (χ4v) is 3.26. The van der Waals surface area contributed by atoms with Crippen LogP contribution in [0.5, 0.6) is 0 Å². The SMILES string of the molecule is CCOC(=O)C1CCCCN1C(=O)c1sccc1C. The Kier molecular flexibility index (Phi) is 4.58. The molecular formula is C14H19NO3S. The third kappa shape index (κ3) is 2.97. The number of aryl methyl sites for hydroxylation is 1. The number of rotatable bonds is 3. The van der Waals surface area contributed by atoms with Crippen LogP contribution >= 0.6 is 11.3 Å². The molecule has 1 saturated heterocycles. The van der Waals surface area contributed by atoms with Gasteiger partial charge in [0.05, 0.1) is 11.5 Å². The van der Waals surface area contributed by atoms with E-state index in [1.54, 1.807) is 11.8 Å². The molecule has 0 N–H and O–H groups in total. The predicted octanol–water partition coefficient (Wildman–Crippen LogP) is 2.61. The number of likely N-dealkylation sites (tertiary alicyclic amines) is 1. The van der Waals surface area contributed by atoms with Crippen LogP contribution in [-0.4, -0.2) is 36.0 Å². The lowest BCUT2D eigenvalue weighted by Gasteiger charge is -2.33. The Balaban J connectivity index is 2.18. The topological polar surface area (TPSA) is 46.6 Å². The van der Waals surface area contributed by atoms with Gasteiger partial charge < -0.3 is 9.64 Å². The van der Waals surface area contributed by atoms with Crippen molar-refractivity contribution in [2.45, 2.75) is 39.2 Å². The number of hydrogen-bond acceptors (Lipinski definition) is 4. The van der Waals surface area contributed by atoms with Crippen molar-refractivity contribution < 1.29 is 14.3 Å². The highest BCUT2D eigenvalue weighted by Gasteiger charge is 2.34. The number of nitrogens with zero attached hydrogens (tertiary/aromatic N) is 1. The van der Waals surface area contributed by atoms with E-state index in [2.05, 4.69) is 0 Å². The van der Waals surface area contributed by atoms with Crippen LogP contribution in [0.3, 0.4) is 0 Å². The average molecular weight is 281 g/mol. The third-order valence-electron chi connectivity index (χ3n) is 3.38. The maximum atomic E-state index is 12.5. The van der Waals surface area contributed by atoms with Gasteiger partial charge in [0.15, 0.2) is 0 Å². The van der Waals surface area contributed by atoms with Crippen LogP contribution in [0.1, 0.15) is 41.4 Å². The first-order chi connectivity index (χ1) is 9.15. The first kappa shape index (κ1) is 14.1. The standard InChI is InChI=1S/C14H19NO3S/c1-3-18-14(17)11-6-4-5-8-15(11)13(16)12-10(2)7-9-19-12/h7,9,11H,3-6,8H2,1-2H3. The van der Waals surface area contributed by atoms with E-state index >= 15 is 0 Å². The highest BCUT2D eigenvalue weighted by Crippen LogP contribution is 2.24. The Hall–Kier alpha value is -1.36. The minimum atomic E-state index is -0.414. The molecule has 1 aromatic rings. The summed E-state index contributed by atoms with van der Waals surface area (Å²) in [4.78, 5) is 26.9. The molecular weight excluding hydrogens is 262 g/mol. The molecule has 0 saturated carbocycles. The monoisotopic (exact) mass is 281 g/mol. The number of carbonyl (C=O) groups excluding carboxylic acids is 2. The summed E-state index contributed by atoms with van der Waals surface area (Å²) in [5, 5.41) is 1.91. The smallest absolute Gasteiger partial charge is 0.328 e. The van der Waals surface area contributed by atoms with E-state index in [9.17, 15) is 9.59 Å². The molecule has 104 valence electrons. The number of esters is 1. The van der Waals surface area contributed by atoms with E-state index in [1.165, 1.54) is 11.3 Å². The molecule has 1 fully saturated rings. The maximum Gasteiger partial charge on any atom is 0.328 e. The molecule has 0 radical (unpaired) electrons. The van der Waals surface area contributed by atoms with Gasteiger partial charge >= 0.3 is 5.97 Å². The molecule has 1 unspecified atom stereocenters. The number of ether oxygens (including phenoxy) is 1. The Morgan fingerprint density at radius 3 is 2.89 bits per heavy atom. The molecule has 19 heavy (non-hydrogen) atoms. The van der Waals surface area contributed by atoms with Gasteiger partial charge in [0, 0.05) is 6.54 Å². The molecule has 1 atom stereocenters. The molecule has 1 aliphatic heterocycles. The number of hydrogen-bond donors (Lipinski definition) is 0. The van der Waals surface area contributed by atoms with Gasteiger partial charge in [0.2, 0.25) is 0 Å². The van der Waals surface area contributed by atoms with Crippen molar-refractivity contribution in [3.63, 3.8) is 0 Å². The van der Waals surface area contributed by atoms with Gasteiger partial charge in [-0.3, -0.25) is 4.79 Å². The molecule has 4 nitrogen and oxygen atoms in total. The molecule has 1 amide bonds. The van der Waals surface area contributed by atoms with Gasteiger partial charge in [-0.05, 0) is 50.1 Å². The van der Waals surface area contributed by atoms with E-state index in [4.69, 9.17) is 4.74 Å². The van der Waals surface area contributed by atoms with Crippen molar-refractivity contribution in [2.75, 3.05) is 13.2 Å². The third-order valence-corrected chi connectivity index (χ3v) is 4.38. The van der Waals surface area contributed by atoms with Gasteiger partial charge in [-0.15, -0.1) is 11.3 Å². The quantitative estimate of drug-likeness (QED) is 0.800. The van der Waals surface area contributed by atoms with Gasteiger partial charge in [-0.2, -0.15) is 0 Å². The summed E-state index contributed by atoms with van der Waals surface area (Å²) in [6, 6.07) is 1.52. The van der Waals surface area contributed by atoms with Gasteiger partial charge in [0.25, 0.3) is 5.91 Å². The zero-order chi connectivity index (χ0) is 13.8. The first-order valence-electron chi connectivity index (χ1n) is 6.66. The number of piperidine rings is 1. The minimum absolute atomic E-state index is 0.0368. The Morgan fingerprint density at radius 2 is 2.26 bits per heavy atom. The van der Waals surface area contributed by atoms with E-state index in [-0.39, 0.29) is 11.9 Å². The molecule has 5 heteroatoms. The normalized spacial score (nSPS) is 19.3. The van der Waals surface area contributed by atoms with Crippen molar-refractivity contribution >= 4 is 23.2 Å². The Labute approximate surface area is 117 Å². The summed E-state index contributed by atoms with van der Waals surface area (Å²) in [5.41, 5.74) is 0.975. The fraction of sp³-hybridized carbons (Fsp3) is 0.571. The van der Waals surface area contributed by atoms with Crippen LogP contribution in [0.4, 0.5) is 0 Å². The summed E-state index contributed by atoms with van der Waals surface area (Å²) in [6.07, 6.45) is 2.62. The number of carbonyl (C=O) groups is 2. The predicted molar refractivity (Wildman–Crippen MR) is 74.4 cm³/mol. The Bertz CT molecular complexity index is 469. The van der Waals surface area contributed by atoms with Crippen LogP contribution < -0.4 is 0 Å². The Morgan fingerprint density at radius 1 is 1.47 bits per heavy atom.